The first-order chi connectivity index (χ1) is 10.0. The van der Waals surface area contributed by atoms with Crippen molar-refractivity contribution in [3.05, 3.63) is 47.8 Å². The summed E-state index contributed by atoms with van der Waals surface area (Å²) in [6, 6.07) is 5.76. The highest BCUT2D eigenvalue weighted by atomic mass is 32.2. The van der Waals surface area contributed by atoms with E-state index in [1.807, 2.05) is 0 Å². The highest BCUT2D eigenvalue weighted by Gasteiger charge is 2.18. The number of aliphatic hydroxyl groups excluding tert-OH is 1. The van der Waals surface area contributed by atoms with Crippen molar-refractivity contribution in [2.24, 2.45) is 0 Å². The van der Waals surface area contributed by atoms with Crippen LogP contribution in [0.5, 0.6) is 0 Å². The summed E-state index contributed by atoms with van der Waals surface area (Å²) in [6.07, 6.45) is 3.21. The van der Waals surface area contributed by atoms with Crippen LogP contribution in [0.1, 0.15) is 24.1 Å². The van der Waals surface area contributed by atoms with Crippen LogP contribution >= 0.6 is 0 Å². The van der Waals surface area contributed by atoms with E-state index in [1.165, 1.54) is 12.1 Å². The van der Waals surface area contributed by atoms with Gasteiger partial charge in [-0.15, -0.1) is 0 Å². The lowest BCUT2D eigenvalue weighted by Crippen LogP contribution is -2.26. The van der Waals surface area contributed by atoms with E-state index in [1.54, 1.807) is 31.5 Å². The molecule has 0 saturated heterocycles. The fraction of sp³-hybridized carbons (Fsp3) is 0.214. The Morgan fingerprint density at radius 3 is 2.67 bits per heavy atom. The van der Waals surface area contributed by atoms with Crippen molar-refractivity contribution in [1.29, 1.82) is 0 Å². The first kappa shape index (κ1) is 15.3. The highest BCUT2D eigenvalue weighted by Crippen LogP contribution is 2.16. The van der Waals surface area contributed by atoms with Crippen LogP contribution in [0.15, 0.2) is 41.6 Å². The van der Waals surface area contributed by atoms with Crippen LogP contribution in [0.4, 0.5) is 0 Å². The lowest BCUT2D eigenvalue weighted by atomic mass is 10.2. The zero-order chi connectivity index (χ0) is 15.3. The molecule has 1 atom stereocenters. The highest BCUT2D eigenvalue weighted by molar-refractivity contribution is 7.89. The maximum atomic E-state index is 12.2. The maximum Gasteiger partial charge on any atom is 0.241 e. The normalized spacial score (nSPS) is 12.5. The number of aromatic nitrogens is 2. The van der Waals surface area contributed by atoms with Gasteiger partial charge >= 0.3 is 0 Å². The number of hydrogen-bond acceptors (Lipinski definition) is 4. The number of H-pyrrole nitrogens is 1. The molecule has 0 amide bonds. The molecule has 0 aliphatic heterocycles. The number of hydrogen-bond donors (Lipinski definition) is 3. The summed E-state index contributed by atoms with van der Waals surface area (Å²) in [5.74, 6) is 5.21. The third-order valence-electron chi connectivity index (χ3n) is 2.83. The first-order valence-corrected chi connectivity index (χ1v) is 7.72. The number of aromatic amines is 1. The topological polar surface area (TPSA) is 95.1 Å². The Kier molecular flexibility index (Phi) is 4.75. The summed E-state index contributed by atoms with van der Waals surface area (Å²) in [7, 11) is -3.61. The predicted octanol–water partition coefficient (Wildman–Crippen LogP) is 0.793. The van der Waals surface area contributed by atoms with Gasteiger partial charge in [-0.2, -0.15) is 5.10 Å². The van der Waals surface area contributed by atoms with Crippen molar-refractivity contribution in [2.45, 2.75) is 17.9 Å². The Morgan fingerprint density at radius 1 is 1.38 bits per heavy atom. The molecule has 21 heavy (non-hydrogen) atoms. The molecule has 0 bridgehead atoms. The van der Waals surface area contributed by atoms with E-state index >= 15 is 0 Å². The van der Waals surface area contributed by atoms with E-state index in [0.717, 1.165) is 5.56 Å². The van der Waals surface area contributed by atoms with E-state index in [4.69, 9.17) is 5.11 Å². The number of benzene rings is 1. The number of nitrogens with zero attached hydrogens (tertiary/aromatic N) is 1. The summed E-state index contributed by atoms with van der Waals surface area (Å²) in [5, 5.41) is 15.0. The summed E-state index contributed by atoms with van der Waals surface area (Å²) in [6.45, 7) is 1.51. The van der Waals surface area contributed by atoms with Gasteiger partial charge in [0.1, 0.15) is 6.61 Å². The van der Waals surface area contributed by atoms with E-state index in [0.29, 0.717) is 5.56 Å². The Labute approximate surface area is 123 Å². The number of rotatable bonds is 4. The molecule has 6 nitrogen and oxygen atoms in total. The van der Waals surface area contributed by atoms with Crippen molar-refractivity contribution in [3.8, 4) is 11.8 Å². The van der Waals surface area contributed by atoms with Gasteiger partial charge < -0.3 is 5.11 Å². The lowest BCUT2D eigenvalue weighted by Gasteiger charge is -2.12. The van der Waals surface area contributed by atoms with Gasteiger partial charge in [-0.05, 0) is 31.2 Å². The second-order valence-corrected chi connectivity index (χ2v) is 6.07. The predicted molar refractivity (Wildman–Crippen MR) is 77.7 cm³/mol. The molecule has 1 aromatic heterocycles. The minimum atomic E-state index is -3.61. The Morgan fingerprint density at radius 2 is 2.10 bits per heavy atom. The van der Waals surface area contributed by atoms with Gasteiger partial charge in [-0.25, -0.2) is 13.1 Å². The third-order valence-corrected chi connectivity index (χ3v) is 4.38. The SMILES string of the molecule is CC(NS(=O)(=O)c1ccc(C#CCO)cc1)c1cn[nH]c1. The van der Waals surface area contributed by atoms with Gasteiger partial charge in [0.15, 0.2) is 0 Å². The van der Waals surface area contributed by atoms with Crippen LogP contribution in [0, 0.1) is 11.8 Å². The molecule has 0 radical (unpaired) electrons. The molecule has 1 aromatic carbocycles. The van der Waals surface area contributed by atoms with Crippen LogP contribution < -0.4 is 4.72 Å². The second-order valence-electron chi connectivity index (χ2n) is 4.36. The summed E-state index contributed by atoms with van der Waals surface area (Å²) >= 11 is 0. The van der Waals surface area contributed by atoms with Crippen LogP contribution in [0.3, 0.4) is 0 Å². The Balaban J connectivity index is 2.16. The molecular weight excluding hydrogens is 290 g/mol. The summed E-state index contributed by atoms with van der Waals surface area (Å²) < 4.78 is 27.1. The van der Waals surface area contributed by atoms with Crippen LogP contribution in [-0.4, -0.2) is 30.3 Å². The van der Waals surface area contributed by atoms with Gasteiger partial charge in [0.25, 0.3) is 0 Å². The minimum absolute atomic E-state index is 0.160. The smallest absolute Gasteiger partial charge is 0.241 e. The molecule has 2 aromatic rings. The molecule has 0 spiro atoms. The molecule has 0 fully saturated rings. The van der Waals surface area contributed by atoms with Crippen molar-refractivity contribution < 1.29 is 13.5 Å². The van der Waals surface area contributed by atoms with Gasteiger partial charge in [0.2, 0.25) is 10.0 Å². The van der Waals surface area contributed by atoms with Crippen LogP contribution in [0.2, 0.25) is 0 Å². The fourth-order valence-electron chi connectivity index (χ4n) is 1.73. The van der Waals surface area contributed by atoms with Crippen molar-refractivity contribution in [1.82, 2.24) is 14.9 Å². The van der Waals surface area contributed by atoms with Gasteiger partial charge in [-0.1, -0.05) is 11.8 Å². The molecular formula is C14H15N3O3S. The zero-order valence-corrected chi connectivity index (χ0v) is 12.2. The van der Waals surface area contributed by atoms with Crippen LogP contribution in [0.25, 0.3) is 0 Å². The number of sulfonamides is 1. The molecule has 2 rings (SSSR count). The molecule has 7 heteroatoms. The standard InChI is InChI=1S/C14H15N3O3S/c1-11(13-9-15-16-10-13)17-21(19,20)14-6-4-12(5-7-14)3-2-8-18/h4-7,9-11,17-18H,8H2,1H3,(H,15,16). The molecule has 0 aliphatic rings. The van der Waals surface area contributed by atoms with E-state index in [-0.39, 0.29) is 17.5 Å². The average Bonchev–Trinajstić information content (AvgIpc) is 2.99. The fourth-order valence-corrected chi connectivity index (χ4v) is 2.96. The number of nitrogens with one attached hydrogen (secondary N) is 2. The van der Waals surface area contributed by atoms with Crippen molar-refractivity contribution in [2.75, 3.05) is 6.61 Å². The Hall–Kier alpha value is -2.14. The largest absolute Gasteiger partial charge is 0.384 e. The summed E-state index contributed by atoms with van der Waals surface area (Å²) in [5.41, 5.74) is 1.40. The zero-order valence-electron chi connectivity index (χ0n) is 11.4. The van der Waals surface area contributed by atoms with Crippen LogP contribution in [-0.2, 0) is 10.0 Å². The van der Waals surface area contributed by atoms with Gasteiger partial charge in [0, 0.05) is 23.4 Å². The molecule has 0 aliphatic carbocycles. The van der Waals surface area contributed by atoms with Gasteiger partial charge in [0.05, 0.1) is 11.1 Å². The Bertz CT molecular complexity index is 741. The van der Waals surface area contributed by atoms with E-state index in [9.17, 15) is 8.42 Å². The molecule has 3 N–H and O–H groups in total. The molecule has 0 saturated carbocycles. The first-order valence-electron chi connectivity index (χ1n) is 6.24. The molecule has 1 unspecified atom stereocenters. The van der Waals surface area contributed by atoms with Crippen molar-refractivity contribution >= 4 is 10.0 Å². The summed E-state index contributed by atoms with van der Waals surface area (Å²) in [4.78, 5) is 0.160. The molecule has 1 heterocycles. The van der Waals surface area contributed by atoms with E-state index < -0.39 is 10.0 Å². The minimum Gasteiger partial charge on any atom is -0.384 e. The second kappa shape index (κ2) is 6.54. The monoisotopic (exact) mass is 305 g/mol. The van der Waals surface area contributed by atoms with E-state index in [2.05, 4.69) is 26.8 Å². The number of aliphatic hydroxyl groups is 1. The molecule has 110 valence electrons. The van der Waals surface area contributed by atoms with Gasteiger partial charge in [-0.3, -0.25) is 5.10 Å². The van der Waals surface area contributed by atoms with Crippen molar-refractivity contribution in [3.63, 3.8) is 0 Å². The average molecular weight is 305 g/mol. The lowest BCUT2D eigenvalue weighted by molar-refractivity contribution is 0.350. The third kappa shape index (κ3) is 3.92. The quantitative estimate of drug-likeness (QED) is 0.728. The maximum absolute atomic E-state index is 12.2.